The molecule has 3 heteroatoms. The monoisotopic (exact) mass is 380 g/mol. The molecule has 2 aromatic carbocycles. The topological polar surface area (TPSA) is 15.7 Å². The molecule has 0 unspecified atom stereocenters. The minimum atomic E-state index is 0.524. The summed E-state index contributed by atoms with van der Waals surface area (Å²) in [6, 6.07) is 17.5. The van der Waals surface area contributed by atoms with Crippen LogP contribution in [0.5, 0.6) is 5.75 Å². The van der Waals surface area contributed by atoms with Crippen LogP contribution in [-0.2, 0) is 0 Å². The number of hydrogen-bond acceptors (Lipinski definition) is 3. The van der Waals surface area contributed by atoms with Crippen molar-refractivity contribution < 1.29 is 4.74 Å². The molecule has 2 aromatic rings. The first-order valence-corrected chi connectivity index (χ1v) is 10.8. The standard InChI is InChI=1S/C25H36N2O/c1-5-6-15-27-16-14-25(21-10-12-23(13-11-21)26(3)4)22(18-27)19-28-24-9-7-8-20(2)17-24/h7-13,17,22,25H,5-6,14-16,18-19H2,1-4H3/t22-,25-/m1/s1. The van der Waals surface area contributed by atoms with E-state index in [-0.39, 0.29) is 0 Å². The number of likely N-dealkylation sites (tertiary alicyclic amines) is 1. The Kier molecular flexibility index (Phi) is 7.38. The molecule has 1 aliphatic rings. The number of unbranched alkanes of at least 4 members (excludes halogenated alkanes) is 1. The van der Waals surface area contributed by atoms with Crippen molar-refractivity contribution in [3.05, 3.63) is 59.7 Å². The summed E-state index contributed by atoms with van der Waals surface area (Å²) in [5.41, 5.74) is 3.97. The number of rotatable bonds is 8. The molecular formula is C25H36N2O. The van der Waals surface area contributed by atoms with Gasteiger partial charge in [-0.05, 0) is 74.2 Å². The van der Waals surface area contributed by atoms with E-state index in [1.54, 1.807) is 0 Å². The fraction of sp³-hybridized carbons (Fsp3) is 0.520. The number of anilines is 1. The number of hydrogen-bond donors (Lipinski definition) is 0. The van der Waals surface area contributed by atoms with Crippen molar-refractivity contribution in [1.29, 1.82) is 0 Å². The normalized spacial score (nSPS) is 20.1. The number of piperidine rings is 1. The van der Waals surface area contributed by atoms with Gasteiger partial charge in [-0.25, -0.2) is 0 Å². The van der Waals surface area contributed by atoms with Crippen LogP contribution in [0.25, 0.3) is 0 Å². The molecule has 0 aliphatic carbocycles. The molecule has 3 rings (SSSR count). The average molecular weight is 381 g/mol. The van der Waals surface area contributed by atoms with Crippen LogP contribution in [0, 0.1) is 12.8 Å². The van der Waals surface area contributed by atoms with Gasteiger partial charge in [-0.1, -0.05) is 37.6 Å². The molecule has 0 radical (unpaired) electrons. The van der Waals surface area contributed by atoms with Gasteiger partial charge in [0.25, 0.3) is 0 Å². The molecule has 152 valence electrons. The Morgan fingerprint density at radius 3 is 2.57 bits per heavy atom. The number of benzene rings is 2. The maximum Gasteiger partial charge on any atom is 0.119 e. The van der Waals surface area contributed by atoms with E-state index in [4.69, 9.17) is 4.74 Å². The second-order valence-electron chi connectivity index (χ2n) is 8.42. The van der Waals surface area contributed by atoms with Crippen LogP contribution in [0.15, 0.2) is 48.5 Å². The lowest BCUT2D eigenvalue weighted by Crippen LogP contribution is -2.42. The Morgan fingerprint density at radius 2 is 1.89 bits per heavy atom. The molecular weight excluding hydrogens is 344 g/mol. The molecule has 2 atom stereocenters. The summed E-state index contributed by atoms with van der Waals surface area (Å²) in [4.78, 5) is 4.80. The largest absolute Gasteiger partial charge is 0.493 e. The molecule has 1 fully saturated rings. The van der Waals surface area contributed by atoms with Gasteiger partial charge in [0, 0.05) is 32.2 Å². The van der Waals surface area contributed by atoms with Crippen LogP contribution in [-0.4, -0.2) is 45.2 Å². The van der Waals surface area contributed by atoms with Gasteiger partial charge in [0.05, 0.1) is 6.61 Å². The Labute approximate surface area is 171 Å². The summed E-state index contributed by atoms with van der Waals surface area (Å²) in [5, 5.41) is 0. The predicted molar refractivity (Wildman–Crippen MR) is 120 cm³/mol. The van der Waals surface area contributed by atoms with Crippen molar-refractivity contribution in [2.24, 2.45) is 5.92 Å². The number of aryl methyl sites for hydroxylation is 1. The SMILES string of the molecule is CCCCN1CC[C@H](c2ccc(N(C)C)cc2)[C@@H](COc2cccc(C)c2)C1. The minimum absolute atomic E-state index is 0.524. The molecule has 0 N–H and O–H groups in total. The second kappa shape index (κ2) is 9.97. The average Bonchev–Trinajstić information content (AvgIpc) is 2.71. The predicted octanol–water partition coefficient (Wildman–Crippen LogP) is 5.35. The lowest BCUT2D eigenvalue weighted by Gasteiger charge is -2.39. The molecule has 0 aromatic heterocycles. The zero-order valence-corrected chi connectivity index (χ0v) is 18.0. The first-order valence-electron chi connectivity index (χ1n) is 10.8. The molecule has 0 bridgehead atoms. The van der Waals surface area contributed by atoms with Crippen molar-refractivity contribution in [2.75, 3.05) is 45.2 Å². The maximum absolute atomic E-state index is 6.26. The molecule has 3 nitrogen and oxygen atoms in total. The molecule has 0 spiro atoms. The van der Waals surface area contributed by atoms with Crippen LogP contribution in [0.4, 0.5) is 5.69 Å². The van der Waals surface area contributed by atoms with E-state index in [1.807, 2.05) is 0 Å². The third-order valence-electron chi connectivity index (χ3n) is 5.94. The molecule has 0 amide bonds. The van der Waals surface area contributed by atoms with Gasteiger partial charge in [-0.15, -0.1) is 0 Å². The highest BCUT2D eigenvalue weighted by molar-refractivity contribution is 5.46. The molecule has 1 heterocycles. The third kappa shape index (κ3) is 5.51. The van der Waals surface area contributed by atoms with E-state index in [0.29, 0.717) is 11.8 Å². The van der Waals surface area contributed by atoms with E-state index < -0.39 is 0 Å². The van der Waals surface area contributed by atoms with Gasteiger partial charge in [0.1, 0.15) is 5.75 Å². The maximum atomic E-state index is 6.26. The van der Waals surface area contributed by atoms with Crippen molar-refractivity contribution in [3.63, 3.8) is 0 Å². The number of ether oxygens (including phenoxy) is 1. The zero-order valence-electron chi connectivity index (χ0n) is 18.0. The Balaban J connectivity index is 1.72. The van der Waals surface area contributed by atoms with Crippen LogP contribution < -0.4 is 9.64 Å². The smallest absolute Gasteiger partial charge is 0.119 e. The highest BCUT2D eigenvalue weighted by Crippen LogP contribution is 2.34. The molecule has 1 aliphatic heterocycles. The molecule has 1 saturated heterocycles. The molecule has 28 heavy (non-hydrogen) atoms. The van der Waals surface area contributed by atoms with Gasteiger partial charge in [0.2, 0.25) is 0 Å². The van der Waals surface area contributed by atoms with Gasteiger partial charge in [-0.3, -0.25) is 0 Å². The summed E-state index contributed by atoms with van der Waals surface area (Å²) in [5.74, 6) is 2.09. The highest BCUT2D eigenvalue weighted by atomic mass is 16.5. The van der Waals surface area contributed by atoms with E-state index >= 15 is 0 Å². The summed E-state index contributed by atoms with van der Waals surface area (Å²) in [7, 11) is 4.19. The quantitative estimate of drug-likeness (QED) is 0.614. The van der Waals surface area contributed by atoms with E-state index in [2.05, 4.69) is 86.3 Å². The van der Waals surface area contributed by atoms with Gasteiger partial charge < -0.3 is 14.5 Å². The fourth-order valence-electron chi connectivity index (χ4n) is 4.23. The van der Waals surface area contributed by atoms with Crippen LogP contribution in [0.3, 0.4) is 0 Å². The van der Waals surface area contributed by atoms with E-state index in [9.17, 15) is 0 Å². The van der Waals surface area contributed by atoms with E-state index in [0.717, 1.165) is 18.9 Å². The Morgan fingerprint density at radius 1 is 1.11 bits per heavy atom. The summed E-state index contributed by atoms with van der Waals surface area (Å²) in [6.45, 7) is 8.72. The number of nitrogens with zero attached hydrogens (tertiary/aromatic N) is 2. The summed E-state index contributed by atoms with van der Waals surface area (Å²) >= 11 is 0. The minimum Gasteiger partial charge on any atom is -0.493 e. The van der Waals surface area contributed by atoms with Crippen LogP contribution >= 0.6 is 0 Å². The lowest BCUT2D eigenvalue weighted by atomic mass is 9.80. The van der Waals surface area contributed by atoms with Gasteiger partial charge in [0.15, 0.2) is 0 Å². The summed E-state index contributed by atoms with van der Waals surface area (Å²) < 4.78 is 6.26. The van der Waals surface area contributed by atoms with Crippen molar-refractivity contribution in [3.8, 4) is 5.75 Å². The second-order valence-corrected chi connectivity index (χ2v) is 8.42. The first-order chi connectivity index (χ1) is 13.6. The zero-order chi connectivity index (χ0) is 19.9. The molecule has 0 saturated carbocycles. The Hall–Kier alpha value is -2.00. The van der Waals surface area contributed by atoms with Crippen LogP contribution in [0.1, 0.15) is 43.2 Å². The third-order valence-corrected chi connectivity index (χ3v) is 5.94. The van der Waals surface area contributed by atoms with E-state index in [1.165, 1.54) is 49.2 Å². The summed E-state index contributed by atoms with van der Waals surface area (Å²) in [6.07, 6.45) is 3.76. The van der Waals surface area contributed by atoms with Gasteiger partial charge in [-0.2, -0.15) is 0 Å². The fourth-order valence-corrected chi connectivity index (χ4v) is 4.23. The Bertz CT molecular complexity index is 726. The highest BCUT2D eigenvalue weighted by Gasteiger charge is 2.30. The van der Waals surface area contributed by atoms with Crippen molar-refractivity contribution in [1.82, 2.24) is 4.90 Å². The van der Waals surface area contributed by atoms with Gasteiger partial charge >= 0.3 is 0 Å². The first kappa shape index (κ1) is 20.7. The lowest BCUT2D eigenvalue weighted by molar-refractivity contribution is 0.110. The van der Waals surface area contributed by atoms with Crippen molar-refractivity contribution >= 4 is 5.69 Å². The van der Waals surface area contributed by atoms with Crippen molar-refractivity contribution in [2.45, 2.75) is 39.0 Å². The van der Waals surface area contributed by atoms with Crippen LogP contribution in [0.2, 0.25) is 0 Å².